The number of ether oxygens (including phenoxy) is 1. The highest BCUT2D eigenvalue weighted by atomic mass is 32.1. The summed E-state index contributed by atoms with van der Waals surface area (Å²) in [6.07, 6.45) is 2.39. The number of nitrogens with one attached hydrogen (secondary N) is 1. The number of amides is 1. The molecule has 0 bridgehead atoms. The second kappa shape index (κ2) is 9.02. The molecule has 1 aliphatic rings. The van der Waals surface area contributed by atoms with Gasteiger partial charge in [0.1, 0.15) is 5.75 Å². The summed E-state index contributed by atoms with van der Waals surface area (Å²) in [4.78, 5) is 16.2. The Balaban J connectivity index is 1.46. The molecule has 0 saturated carbocycles. The van der Waals surface area contributed by atoms with Gasteiger partial charge in [-0.15, -0.1) is 11.3 Å². The lowest BCUT2D eigenvalue weighted by Gasteiger charge is -2.32. The van der Waals surface area contributed by atoms with Gasteiger partial charge in [0.2, 0.25) is 0 Å². The molecule has 4 nitrogen and oxygen atoms in total. The van der Waals surface area contributed by atoms with E-state index in [-0.39, 0.29) is 5.91 Å². The molecule has 1 fully saturated rings. The summed E-state index contributed by atoms with van der Waals surface area (Å²) in [5, 5.41) is 5.23. The molecule has 1 saturated heterocycles. The largest absolute Gasteiger partial charge is 0.494 e. The van der Waals surface area contributed by atoms with Crippen molar-refractivity contribution >= 4 is 17.2 Å². The SMILES string of the molecule is CCOc1ccc(C(=O)NCC2CCCN(Cc3cccs3)C2)cc1. The molecule has 134 valence electrons. The van der Waals surface area contributed by atoms with Crippen molar-refractivity contribution in [3.63, 3.8) is 0 Å². The van der Waals surface area contributed by atoms with Crippen LogP contribution in [0.1, 0.15) is 35.0 Å². The van der Waals surface area contributed by atoms with Crippen LogP contribution >= 0.6 is 11.3 Å². The Morgan fingerprint density at radius 2 is 2.16 bits per heavy atom. The minimum atomic E-state index is -0.00145. The molecule has 0 spiro atoms. The van der Waals surface area contributed by atoms with Crippen LogP contribution in [0, 0.1) is 5.92 Å². The van der Waals surface area contributed by atoms with Gasteiger partial charge in [0.05, 0.1) is 6.61 Å². The minimum Gasteiger partial charge on any atom is -0.494 e. The number of hydrogen-bond acceptors (Lipinski definition) is 4. The number of nitrogens with zero attached hydrogens (tertiary/aromatic N) is 1. The first-order valence-electron chi connectivity index (χ1n) is 9.00. The van der Waals surface area contributed by atoms with Gasteiger partial charge < -0.3 is 10.1 Å². The molecular weight excluding hydrogens is 332 g/mol. The molecule has 3 rings (SSSR count). The van der Waals surface area contributed by atoms with Crippen LogP contribution in [0.25, 0.3) is 0 Å². The van der Waals surface area contributed by atoms with Gasteiger partial charge in [0.25, 0.3) is 5.91 Å². The topological polar surface area (TPSA) is 41.6 Å². The zero-order valence-corrected chi connectivity index (χ0v) is 15.6. The highest BCUT2D eigenvalue weighted by Crippen LogP contribution is 2.20. The molecule has 1 N–H and O–H groups in total. The molecule has 5 heteroatoms. The standard InChI is InChI=1S/C20H26N2O2S/c1-2-24-18-9-7-17(8-10-18)20(23)21-13-16-5-3-11-22(14-16)15-19-6-4-12-25-19/h4,6-10,12,16H,2-3,5,11,13-15H2,1H3,(H,21,23). The summed E-state index contributed by atoms with van der Waals surface area (Å²) in [5.41, 5.74) is 0.690. The van der Waals surface area contributed by atoms with Gasteiger partial charge >= 0.3 is 0 Å². The summed E-state index contributed by atoms with van der Waals surface area (Å²) in [7, 11) is 0. The van der Waals surface area contributed by atoms with Crippen LogP contribution in [-0.2, 0) is 6.54 Å². The zero-order valence-electron chi connectivity index (χ0n) is 14.7. The molecule has 0 aliphatic carbocycles. The summed E-state index contributed by atoms with van der Waals surface area (Å²) < 4.78 is 5.41. The van der Waals surface area contributed by atoms with E-state index in [1.165, 1.54) is 17.7 Å². The van der Waals surface area contributed by atoms with Gasteiger partial charge in [-0.05, 0) is 67.9 Å². The maximum atomic E-state index is 12.3. The van der Waals surface area contributed by atoms with E-state index in [9.17, 15) is 4.79 Å². The predicted octanol–water partition coefficient (Wildman–Crippen LogP) is 3.79. The lowest BCUT2D eigenvalue weighted by molar-refractivity contribution is 0.0931. The van der Waals surface area contributed by atoms with Gasteiger partial charge in [-0.1, -0.05) is 6.07 Å². The molecule has 1 aromatic carbocycles. The number of rotatable bonds is 7. The number of hydrogen-bond donors (Lipinski definition) is 1. The molecule has 1 unspecified atom stereocenters. The van der Waals surface area contributed by atoms with Gasteiger partial charge in [-0.2, -0.15) is 0 Å². The van der Waals surface area contributed by atoms with Crippen molar-refractivity contribution in [3.8, 4) is 5.75 Å². The van der Waals surface area contributed by atoms with Crippen LogP contribution in [-0.4, -0.2) is 37.0 Å². The van der Waals surface area contributed by atoms with E-state index < -0.39 is 0 Å². The number of piperidine rings is 1. The molecule has 0 radical (unpaired) electrons. The Morgan fingerprint density at radius 1 is 1.32 bits per heavy atom. The summed E-state index contributed by atoms with van der Waals surface area (Å²) in [6.45, 7) is 6.57. The van der Waals surface area contributed by atoms with Crippen LogP contribution in [0.4, 0.5) is 0 Å². The van der Waals surface area contributed by atoms with Crippen LogP contribution in [0.5, 0.6) is 5.75 Å². The predicted molar refractivity (Wildman–Crippen MR) is 102 cm³/mol. The molecule has 1 aliphatic heterocycles. The Hall–Kier alpha value is -1.85. The lowest BCUT2D eigenvalue weighted by Crippen LogP contribution is -2.40. The van der Waals surface area contributed by atoms with Gasteiger partial charge in [0.15, 0.2) is 0 Å². The van der Waals surface area contributed by atoms with Gasteiger partial charge in [-0.25, -0.2) is 0 Å². The second-order valence-corrected chi connectivity index (χ2v) is 7.52. The van der Waals surface area contributed by atoms with E-state index >= 15 is 0 Å². The van der Waals surface area contributed by atoms with E-state index in [1.807, 2.05) is 42.5 Å². The van der Waals surface area contributed by atoms with Crippen LogP contribution in [0.2, 0.25) is 0 Å². The van der Waals surface area contributed by atoms with Crippen molar-refractivity contribution in [2.75, 3.05) is 26.2 Å². The smallest absolute Gasteiger partial charge is 0.251 e. The number of benzene rings is 1. The summed E-state index contributed by atoms with van der Waals surface area (Å²) in [5.74, 6) is 1.33. The third kappa shape index (κ3) is 5.31. The fourth-order valence-electron chi connectivity index (χ4n) is 3.29. The number of carbonyl (C=O) groups excluding carboxylic acids is 1. The Kier molecular flexibility index (Phi) is 6.48. The highest BCUT2D eigenvalue weighted by Gasteiger charge is 2.21. The highest BCUT2D eigenvalue weighted by molar-refractivity contribution is 7.09. The fraction of sp³-hybridized carbons (Fsp3) is 0.450. The number of carbonyl (C=O) groups is 1. The molecule has 2 heterocycles. The van der Waals surface area contributed by atoms with Crippen molar-refractivity contribution in [3.05, 3.63) is 52.2 Å². The van der Waals surface area contributed by atoms with Crippen molar-refractivity contribution in [1.29, 1.82) is 0 Å². The van der Waals surface area contributed by atoms with Gasteiger partial charge in [-0.3, -0.25) is 9.69 Å². The Labute approximate surface area is 153 Å². The molecule has 1 atom stereocenters. The lowest BCUT2D eigenvalue weighted by atomic mass is 9.98. The van der Waals surface area contributed by atoms with E-state index in [1.54, 1.807) is 0 Å². The van der Waals surface area contributed by atoms with Crippen molar-refractivity contribution in [2.45, 2.75) is 26.3 Å². The minimum absolute atomic E-state index is 0.00145. The zero-order chi connectivity index (χ0) is 17.5. The van der Waals surface area contributed by atoms with Crippen molar-refractivity contribution in [1.82, 2.24) is 10.2 Å². The molecule has 25 heavy (non-hydrogen) atoms. The van der Waals surface area contributed by atoms with E-state index in [2.05, 4.69) is 27.7 Å². The van der Waals surface area contributed by atoms with Crippen molar-refractivity contribution < 1.29 is 9.53 Å². The fourth-order valence-corrected chi connectivity index (χ4v) is 4.04. The quantitative estimate of drug-likeness (QED) is 0.819. The normalized spacial score (nSPS) is 18.0. The van der Waals surface area contributed by atoms with Crippen LogP contribution < -0.4 is 10.1 Å². The second-order valence-electron chi connectivity index (χ2n) is 6.49. The molecule has 1 aromatic heterocycles. The maximum Gasteiger partial charge on any atom is 0.251 e. The van der Waals surface area contributed by atoms with Gasteiger partial charge in [0, 0.05) is 30.1 Å². The number of likely N-dealkylation sites (tertiary alicyclic amines) is 1. The number of thiophene rings is 1. The Morgan fingerprint density at radius 3 is 2.88 bits per heavy atom. The maximum absolute atomic E-state index is 12.3. The first-order chi connectivity index (χ1) is 12.2. The third-order valence-corrected chi connectivity index (χ3v) is 5.40. The van der Waals surface area contributed by atoms with E-state index in [0.29, 0.717) is 18.1 Å². The average Bonchev–Trinajstić information content (AvgIpc) is 3.14. The monoisotopic (exact) mass is 358 g/mol. The first kappa shape index (κ1) is 18.0. The first-order valence-corrected chi connectivity index (χ1v) is 9.88. The average molecular weight is 359 g/mol. The van der Waals surface area contributed by atoms with Crippen LogP contribution in [0.15, 0.2) is 41.8 Å². The van der Waals surface area contributed by atoms with E-state index in [4.69, 9.17) is 4.74 Å². The van der Waals surface area contributed by atoms with Crippen LogP contribution in [0.3, 0.4) is 0 Å². The summed E-state index contributed by atoms with van der Waals surface area (Å²) in [6, 6.07) is 11.7. The van der Waals surface area contributed by atoms with Crippen molar-refractivity contribution in [2.24, 2.45) is 5.92 Å². The Bertz CT molecular complexity index is 655. The summed E-state index contributed by atoms with van der Waals surface area (Å²) >= 11 is 1.82. The molecule has 2 aromatic rings. The molecule has 1 amide bonds. The van der Waals surface area contributed by atoms with E-state index in [0.717, 1.165) is 31.9 Å². The molecular formula is C20H26N2O2S. The third-order valence-electron chi connectivity index (χ3n) is 4.54.